The lowest BCUT2D eigenvalue weighted by Gasteiger charge is -2.14. The quantitative estimate of drug-likeness (QED) is 0.433. The summed E-state index contributed by atoms with van der Waals surface area (Å²) in [5.41, 5.74) is 8.55. The van der Waals surface area contributed by atoms with Crippen LogP contribution in [0.15, 0.2) is 54.6 Å². The molecule has 0 aliphatic rings. The van der Waals surface area contributed by atoms with E-state index in [1.54, 1.807) is 18.2 Å². The summed E-state index contributed by atoms with van der Waals surface area (Å²) < 4.78 is 0. The van der Waals surface area contributed by atoms with Gasteiger partial charge in [0.05, 0.1) is 5.52 Å². The Hall–Kier alpha value is -2.80. The minimum atomic E-state index is 0.187. The van der Waals surface area contributed by atoms with Crippen LogP contribution in [0.3, 0.4) is 0 Å². The van der Waals surface area contributed by atoms with Crippen molar-refractivity contribution in [3.63, 3.8) is 0 Å². The van der Waals surface area contributed by atoms with Crippen molar-refractivity contribution in [2.75, 3.05) is 5.73 Å². The Kier molecular flexibility index (Phi) is 3.73. The van der Waals surface area contributed by atoms with Gasteiger partial charge in [-0.05, 0) is 17.5 Å². The zero-order valence-corrected chi connectivity index (χ0v) is 14.4. The molecule has 0 fully saturated rings. The van der Waals surface area contributed by atoms with E-state index in [0.29, 0.717) is 26.7 Å². The molecule has 0 saturated heterocycles. The van der Waals surface area contributed by atoms with Gasteiger partial charge in [-0.25, -0.2) is 4.98 Å². The van der Waals surface area contributed by atoms with Gasteiger partial charge in [-0.1, -0.05) is 65.7 Å². The molecule has 2 N–H and O–H groups in total. The smallest absolute Gasteiger partial charge is 0.142 e. The molecule has 1 aromatic heterocycles. The summed E-state index contributed by atoms with van der Waals surface area (Å²) in [7, 11) is 0. The maximum Gasteiger partial charge on any atom is 0.142 e. The molecule has 4 rings (SSSR count). The SMILES string of the molecule is N#Cc1c(N)nc2c(ccc3ccccc32)c1-c1ccc(Cl)cc1Cl. The molecule has 120 valence electrons. The molecular formula is C20H11Cl2N3. The third kappa shape index (κ3) is 2.47. The van der Waals surface area contributed by atoms with Gasteiger partial charge in [-0.15, -0.1) is 0 Å². The van der Waals surface area contributed by atoms with E-state index in [1.807, 2.05) is 36.4 Å². The van der Waals surface area contributed by atoms with E-state index in [1.165, 1.54) is 0 Å². The lowest BCUT2D eigenvalue weighted by Crippen LogP contribution is -2.00. The number of nitriles is 1. The Bertz CT molecular complexity index is 1190. The maximum absolute atomic E-state index is 9.64. The zero-order chi connectivity index (χ0) is 17.6. The predicted molar refractivity (Wildman–Crippen MR) is 104 cm³/mol. The molecule has 0 saturated carbocycles. The molecule has 3 nitrogen and oxygen atoms in total. The van der Waals surface area contributed by atoms with Crippen molar-refractivity contribution in [1.29, 1.82) is 5.26 Å². The number of benzene rings is 3. The number of pyridine rings is 1. The lowest BCUT2D eigenvalue weighted by atomic mass is 9.94. The van der Waals surface area contributed by atoms with E-state index in [2.05, 4.69) is 11.1 Å². The van der Waals surface area contributed by atoms with E-state index in [-0.39, 0.29) is 5.82 Å². The molecule has 0 amide bonds. The van der Waals surface area contributed by atoms with Crippen molar-refractivity contribution in [2.45, 2.75) is 0 Å². The standard InChI is InChI=1S/C20H11Cl2N3/c21-12-6-8-14(17(22)9-12)18-15-7-5-11-3-1-2-4-13(11)19(15)25-20(24)16(18)10-23/h1-9H,(H2,24,25). The highest BCUT2D eigenvalue weighted by Crippen LogP contribution is 2.40. The van der Waals surface area contributed by atoms with Crippen molar-refractivity contribution in [3.8, 4) is 17.2 Å². The highest BCUT2D eigenvalue weighted by Gasteiger charge is 2.18. The van der Waals surface area contributed by atoms with Gasteiger partial charge in [-0.2, -0.15) is 5.26 Å². The first-order chi connectivity index (χ1) is 12.1. The average Bonchev–Trinajstić information content (AvgIpc) is 2.61. The first-order valence-corrected chi connectivity index (χ1v) is 8.32. The Balaban J connectivity index is 2.22. The zero-order valence-electron chi connectivity index (χ0n) is 12.9. The number of halogens is 2. The predicted octanol–water partition coefficient (Wildman–Crippen LogP) is 5.82. The number of rotatable bonds is 1. The minimum Gasteiger partial charge on any atom is -0.383 e. The highest BCUT2D eigenvalue weighted by atomic mass is 35.5. The Morgan fingerprint density at radius 2 is 1.76 bits per heavy atom. The van der Waals surface area contributed by atoms with Crippen LogP contribution in [0.4, 0.5) is 5.82 Å². The molecule has 25 heavy (non-hydrogen) atoms. The number of anilines is 1. The Morgan fingerprint density at radius 1 is 0.960 bits per heavy atom. The van der Waals surface area contributed by atoms with Gasteiger partial charge in [0, 0.05) is 31.9 Å². The van der Waals surface area contributed by atoms with E-state index in [9.17, 15) is 5.26 Å². The Morgan fingerprint density at radius 3 is 2.52 bits per heavy atom. The van der Waals surface area contributed by atoms with Crippen LogP contribution < -0.4 is 5.73 Å². The fourth-order valence-electron chi connectivity index (χ4n) is 3.10. The first kappa shape index (κ1) is 15.7. The fraction of sp³-hybridized carbons (Fsp3) is 0. The van der Waals surface area contributed by atoms with Gasteiger partial charge in [0.15, 0.2) is 0 Å². The fourth-order valence-corrected chi connectivity index (χ4v) is 3.60. The van der Waals surface area contributed by atoms with Crippen molar-refractivity contribution in [3.05, 3.63) is 70.2 Å². The van der Waals surface area contributed by atoms with Gasteiger partial charge in [0.25, 0.3) is 0 Å². The number of nitrogens with two attached hydrogens (primary N) is 1. The van der Waals surface area contributed by atoms with Crippen molar-refractivity contribution < 1.29 is 0 Å². The second-order valence-electron chi connectivity index (χ2n) is 5.67. The summed E-state index contributed by atoms with van der Waals surface area (Å²) >= 11 is 12.4. The number of hydrogen-bond acceptors (Lipinski definition) is 3. The number of hydrogen-bond donors (Lipinski definition) is 1. The van der Waals surface area contributed by atoms with Crippen LogP contribution in [-0.4, -0.2) is 4.98 Å². The van der Waals surface area contributed by atoms with Crippen molar-refractivity contribution >= 4 is 50.7 Å². The van der Waals surface area contributed by atoms with Crippen LogP contribution >= 0.6 is 23.2 Å². The normalized spacial score (nSPS) is 10.9. The Labute approximate surface area is 154 Å². The van der Waals surface area contributed by atoms with Crippen LogP contribution in [0.2, 0.25) is 10.0 Å². The molecule has 3 aromatic carbocycles. The molecule has 0 radical (unpaired) electrons. The van der Waals surface area contributed by atoms with Crippen LogP contribution in [0.25, 0.3) is 32.8 Å². The van der Waals surface area contributed by atoms with Gasteiger partial charge < -0.3 is 5.73 Å². The molecule has 4 aromatic rings. The molecule has 0 unspecified atom stereocenters. The average molecular weight is 364 g/mol. The van der Waals surface area contributed by atoms with Gasteiger partial charge in [-0.3, -0.25) is 0 Å². The second kappa shape index (κ2) is 5.93. The first-order valence-electron chi connectivity index (χ1n) is 7.56. The number of aromatic nitrogens is 1. The molecule has 1 heterocycles. The number of nitrogen functional groups attached to an aromatic ring is 1. The van der Waals surface area contributed by atoms with E-state index in [0.717, 1.165) is 21.7 Å². The number of nitrogens with zero attached hydrogens (tertiary/aromatic N) is 2. The third-order valence-corrected chi connectivity index (χ3v) is 4.77. The molecule has 5 heteroatoms. The number of fused-ring (bicyclic) bond motifs is 3. The van der Waals surface area contributed by atoms with Gasteiger partial charge in [0.2, 0.25) is 0 Å². The summed E-state index contributed by atoms with van der Waals surface area (Å²) in [5, 5.41) is 13.5. The largest absolute Gasteiger partial charge is 0.383 e. The van der Waals surface area contributed by atoms with Crippen LogP contribution in [0.5, 0.6) is 0 Å². The van der Waals surface area contributed by atoms with E-state index < -0.39 is 0 Å². The molecular weight excluding hydrogens is 353 g/mol. The minimum absolute atomic E-state index is 0.187. The monoisotopic (exact) mass is 363 g/mol. The van der Waals surface area contributed by atoms with Crippen LogP contribution in [0, 0.1) is 11.3 Å². The molecule has 0 spiro atoms. The summed E-state index contributed by atoms with van der Waals surface area (Å²) in [4.78, 5) is 4.49. The third-order valence-electron chi connectivity index (χ3n) is 4.22. The van der Waals surface area contributed by atoms with E-state index >= 15 is 0 Å². The summed E-state index contributed by atoms with van der Waals surface area (Å²) in [5.74, 6) is 0.187. The maximum atomic E-state index is 9.64. The topological polar surface area (TPSA) is 62.7 Å². The van der Waals surface area contributed by atoms with E-state index in [4.69, 9.17) is 28.9 Å². The highest BCUT2D eigenvalue weighted by molar-refractivity contribution is 6.37. The molecule has 0 atom stereocenters. The lowest BCUT2D eigenvalue weighted by molar-refractivity contribution is 1.38. The second-order valence-corrected chi connectivity index (χ2v) is 6.51. The van der Waals surface area contributed by atoms with Crippen molar-refractivity contribution in [2.24, 2.45) is 0 Å². The van der Waals surface area contributed by atoms with Gasteiger partial charge in [0.1, 0.15) is 17.5 Å². The van der Waals surface area contributed by atoms with Crippen LogP contribution in [-0.2, 0) is 0 Å². The summed E-state index contributed by atoms with van der Waals surface area (Å²) in [6.45, 7) is 0. The summed E-state index contributed by atoms with van der Waals surface area (Å²) in [6, 6.07) is 19.2. The van der Waals surface area contributed by atoms with Crippen LogP contribution in [0.1, 0.15) is 5.56 Å². The molecule has 0 aliphatic heterocycles. The summed E-state index contributed by atoms with van der Waals surface area (Å²) in [6.07, 6.45) is 0. The van der Waals surface area contributed by atoms with Gasteiger partial charge >= 0.3 is 0 Å². The molecule has 0 bridgehead atoms. The molecule has 0 aliphatic carbocycles. The van der Waals surface area contributed by atoms with Crippen molar-refractivity contribution in [1.82, 2.24) is 4.98 Å².